The summed E-state index contributed by atoms with van der Waals surface area (Å²) in [6.07, 6.45) is 7.27. The number of nitrogens with two attached hydrogens (primary N) is 1. The van der Waals surface area contributed by atoms with Crippen molar-refractivity contribution in [3.05, 3.63) is 51.6 Å². The van der Waals surface area contributed by atoms with Gasteiger partial charge < -0.3 is 0 Å². The van der Waals surface area contributed by atoms with Gasteiger partial charge in [0.05, 0.1) is 9.82 Å². The van der Waals surface area contributed by atoms with Crippen LogP contribution in [0, 0.1) is 10.1 Å². The number of hydrazone groups is 1. The van der Waals surface area contributed by atoms with Crippen LogP contribution in [-0.2, 0) is 10.0 Å². The zero-order valence-corrected chi connectivity index (χ0v) is 15.2. The SMILES string of the molecule is CC(C)=CCC/C(C)=C/C=N/Nc1ccc(S(N)(=O)=O)cc1[N+](=O)[O-]. The third kappa shape index (κ3) is 7.27. The fraction of sp³-hybridized carbons (Fsp3) is 0.312. The first kappa shape index (κ1) is 20.5. The number of nitrogens with zero attached hydrogens (tertiary/aromatic N) is 2. The zero-order valence-electron chi connectivity index (χ0n) is 14.4. The van der Waals surface area contributed by atoms with Gasteiger partial charge in [0.2, 0.25) is 10.0 Å². The number of anilines is 1. The summed E-state index contributed by atoms with van der Waals surface area (Å²) >= 11 is 0. The molecule has 0 aromatic heterocycles. The Bertz CT molecular complexity index is 823. The molecule has 1 rings (SSSR count). The van der Waals surface area contributed by atoms with Crippen molar-refractivity contribution < 1.29 is 13.3 Å². The van der Waals surface area contributed by atoms with Crippen molar-refractivity contribution in [3.63, 3.8) is 0 Å². The number of nitrogens with one attached hydrogen (secondary N) is 1. The first-order valence-corrected chi connectivity index (χ1v) is 9.05. The van der Waals surface area contributed by atoms with Gasteiger partial charge in [0.25, 0.3) is 5.69 Å². The molecule has 1 aromatic rings. The summed E-state index contributed by atoms with van der Waals surface area (Å²) in [5.74, 6) is 0. The summed E-state index contributed by atoms with van der Waals surface area (Å²) in [4.78, 5) is 10.0. The molecule has 1 aromatic carbocycles. The third-order valence-electron chi connectivity index (χ3n) is 3.20. The molecule has 3 N–H and O–H groups in total. The van der Waals surface area contributed by atoms with E-state index in [1.165, 1.54) is 23.9 Å². The number of nitro benzene ring substituents is 1. The van der Waals surface area contributed by atoms with Crippen molar-refractivity contribution in [2.45, 2.75) is 38.5 Å². The Labute approximate surface area is 147 Å². The molecule has 0 bridgehead atoms. The van der Waals surface area contributed by atoms with Gasteiger partial charge in [-0.05, 0) is 51.8 Å². The second kappa shape index (κ2) is 9.09. The van der Waals surface area contributed by atoms with Gasteiger partial charge in [0.15, 0.2) is 0 Å². The van der Waals surface area contributed by atoms with Crippen LogP contribution < -0.4 is 10.6 Å². The molecule has 25 heavy (non-hydrogen) atoms. The lowest BCUT2D eigenvalue weighted by molar-refractivity contribution is -0.384. The second-order valence-electron chi connectivity index (χ2n) is 5.70. The highest BCUT2D eigenvalue weighted by Gasteiger charge is 2.18. The number of hydrogen-bond acceptors (Lipinski definition) is 6. The van der Waals surface area contributed by atoms with Gasteiger partial charge in [-0.1, -0.05) is 17.2 Å². The van der Waals surface area contributed by atoms with E-state index in [2.05, 4.69) is 16.6 Å². The van der Waals surface area contributed by atoms with Crippen LogP contribution in [-0.4, -0.2) is 19.6 Å². The average Bonchev–Trinajstić information content (AvgIpc) is 2.50. The molecule has 0 saturated carbocycles. The van der Waals surface area contributed by atoms with E-state index < -0.39 is 20.6 Å². The Morgan fingerprint density at radius 2 is 2.04 bits per heavy atom. The molecule has 0 amide bonds. The van der Waals surface area contributed by atoms with Gasteiger partial charge >= 0.3 is 0 Å². The van der Waals surface area contributed by atoms with Gasteiger partial charge in [-0.15, -0.1) is 0 Å². The van der Waals surface area contributed by atoms with Crippen LogP contribution in [0.2, 0.25) is 0 Å². The molecule has 0 fully saturated rings. The minimum absolute atomic E-state index is 0.0734. The summed E-state index contributed by atoms with van der Waals surface area (Å²) in [6.45, 7) is 6.05. The molecule has 0 aliphatic carbocycles. The summed E-state index contributed by atoms with van der Waals surface area (Å²) in [7, 11) is -4.01. The lowest BCUT2D eigenvalue weighted by Gasteiger charge is -2.04. The van der Waals surface area contributed by atoms with Crippen molar-refractivity contribution in [2.24, 2.45) is 10.2 Å². The number of benzene rings is 1. The highest BCUT2D eigenvalue weighted by molar-refractivity contribution is 7.89. The van der Waals surface area contributed by atoms with Crippen molar-refractivity contribution in [2.75, 3.05) is 5.43 Å². The van der Waals surface area contributed by atoms with Crippen molar-refractivity contribution >= 4 is 27.6 Å². The summed E-state index contributed by atoms with van der Waals surface area (Å²) < 4.78 is 22.6. The third-order valence-corrected chi connectivity index (χ3v) is 4.12. The van der Waals surface area contributed by atoms with Crippen LogP contribution >= 0.6 is 0 Å². The quantitative estimate of drug-likeness (QED) is 0.316. The van der Waals surface area contributed by atoms with E-state index in [-0.39, 0.29) is 10.6 Å². The minimum atomic E-state index is -4.01. The fourth-order valence-corrected chi connectivity index (χ4v) is 2.41. The Kier molecular flexibility index (Phi) is 7.46. The molecule has 8 nitrogen and oxygen atoms in total. The van der Waals surface area contributed by atoms with Gasteiger partial charge in [0.1, 0.15) is 5.69 Å². The predicted octanol–water partition coefficient (Wildman–Crippen LogP) is 3.33. The summed E-state index contributed by atoms with van der Waals surface area (Å²) in [5.41, 5.74) is 4.56. The maximum atomic E-state index is 11.3. The predicted molar refractivity (Wildman–Crippen MR) is 99.0 cm³/mol. The minimum Gasteiger partial charge on any atom is -0.272 e. The number of allylic oxidation sites excluding steroid dienone is 4. The lowest BCUT2D eigenvalue weighted by Crippen LogP contribution is -2.12. The van der Waals surface area contributed by atoms with Crippen molar-refractivity contribution in [1.29, 1.82) is 0 Å². The Morgan fingerprint density at radius 1 is 1.36 bits per heavy atom. The van der Waals surface area contributed by atoms with E-state index in [4.69, 9.17) is 5.14 Å². The molecule has 0 heterocycles. The van der Waals surface area contributed by atoms with Crippen LogP contribution in [0.1, 0.15) is 33.6 Å². The monoisotopic (exact) mass is 366 g/mol. The normalized spacial score (nSPS) is 12.2. The molecule has 0 aliphatic rings. The lowest BCUT2D eigenvalue weighted by atomic mass is 10.1. The van der Waals surface area contributed by atoms with Crippen LogP contribution in [0.25, 0.3) is 0 Å². The molecule has 0 unspecified atom stereocenters. The van der Waals surface area contributed by atoms with E-state index in [0.717, 1.165) is 24.5 Å². The largest absolute Gasteiger partial charge is 0.295 e. The van der Waals surface area contributed by atoms with E-state index in [1.807, 2.05) is 20.8 Å². The standard InChI is InChI=1S/C16H22N4O4S/c1-12(2)5-4-6-13(3)9-10-18-19-15-8-7-14(25(17,23)24)11-16(15)20(21)22/h5,7-11,19H,4,6H2,1-3H3,(H2,17,23,24)/b13-9+,18-10+. The molecule has 0 saturated heterocycles. The molecule has 0 atom stereocenters. The highest BCUT2D eigenvalue weighted by atomic mass is 32.2. The topological polar surface area (TPSA) is 128 Å². The van der Waals surface area contributed by atoms with Crippen LogP contribution in [0.3, 0.4) is 0 Å². The number of nitro groups is 1. The van der Waals surface area contributed by atoms with Gasteiger partial charge in [0, 0.05) is 12.3 Å². The molecular formula is C16H22N4O4S. The van der Waals surface area contributed by atoms with E-state index in [0.29, 0.717) is 0 Å². The van der Waals surface area contributed by atoms with E-state index in [9.17, 15) is 18.5 Å². The fourth-order valence-electron chi connectivity index (χ4n) is 1.88. The first-order chi connectivity index (χ1) is 11.6. The molecule has 9 heteroatoms. The Morgan fingerprint density at radius 3 is 2.60 bits per heavy atom. The van der Waals surface area contributed by atoms with Gasteiger partial charge in [-0.2, -0.15) is 5.10 Å². The highest BCUT2D eigenvalue weighted by Crippen LogP contribution is 2.27. The van der Waals surface area contributed by atoms with Crippen LogP contribution in [0.5, 0.6) is 0 Å². The Balaban J connectivity index is 2.83. The first-order valence-electron chi connectivity index (χ1n) is 7.50. The Hall–Kier alpha value is -2.52. The molecule has 0 radical (unpaired) electrons. The van der Waals surface area contributed by atoms with Crippen molar-refractivity contribution in [1.82, 2.24) is 0 Å². The number of sulfonamides is 1. The molecular weight excluding hydrogens is 344 g/mol. The maximum absolute atomic E-state index is 11.3. The molecule has 0 spiro atoms. The van der Waals surface area contributed by atoms with Crippen molar-refractivity contribution in [3.8, 4) is 0 Å². The maximum Gasteiger partial charge on any atom is 0.295 e. The zero-order chi connectivity index (χ0) is 19.0. The number of primary sulfonamides is 1. The van der Waals surface area contributed by atoms with E-state index >= 15 is 0 Å². The smallest absolute Gasteiger partial charge is 0.272 e. The number of rotatable bonds is 8. The van der Waals surface area contributed by atoms with Gasteiger partial charge in [-0.25, -0.2) is 13.6 Å². The van der Waals surface area contributed by atoms with Crippen LogP contribution in [0.4, 0.5) is 11.4 Å². The average molecular weight is 366 g/mol. The number of hydrogen-bond donors (Lipinski definition) is 2. The van der Waals surface area contributed by atoms with Crippen LogP contribution in [0.15, 0.2) is 51.5 Å². The summed E-state index contributed by atoms with van der Waals surface area (Å²) in [6, 6.07) is 3.33. The second-order valence-corrected chi connectivity index (χ2v) is 7.27. The van der Waals surface area contributed by atoms with E-state index in [1.54, 1.807) is 6.08 Å². The molecule has 0 aliphatic heterocycles. The molecule has 136 valence electrons. The van der Waals surface area contributed by atoms with Gasteiger partial charge in [-0.3, -0.25) is 15.5 Å². The summed E-state index contributed by atoms with van der Waals surface area (Å²) in [5, 5.41) is 20.0.